The van der Waals surface area contributed by atoms with Gasteiger partial charge >= 0.3 is 0 Å². The first kappa shape index (κ1) is 20.4. The summed E-state index contributed by atoms with van der Waals surface area (Å²) in [4.78, 5) is 0. The fraction of sp³-hybridized carbons (Fsp3) is 0.625. The van der Waals surface area contributed by atoms with Crippen molar-refractivity contribution in [3.05, 3.63) is 35.9 Å². The van der Waals surface area contributed by atoms with Gasteiger partial charge < -0.3 is 10.5 Å². The number of rotatable bonds is 8. The SMILES string of the molecule is Cl.NCCCN(Cc1ccccc1)S(=O)(=O)CC1CCCCO1. The van der Waals surface area contributed by atoms with E-state index in [1.165, 1.54) is 0 Å². The van der Waals surface area contributed by atoms with E-state index in [2.05, 4.69) is 0 Å². The largest absolute Gasteiger partial charge is 0.377 e. The second kappa shape index (κ2) is 10.3. The highest BCUT2D eigenvalue weighted by Crippen LogP contribution is 2.18. The van der Waals surface area contributed by atoms with E-state index in [0.29, 0.717) is 32.7 Å². The third-order valence-electron chi connectivity index (χ3n) is 3.88. The molecule has 132 valence electrons. The molecule has 1 fully saturated rings. The summed E-state index contributed by atoms with van der Waals surface area (Å²) in [5.74, 6) is 0.0738. The van der Waals surface area contributed by atoms with Crippen LogP contribution in [0.25, 0.3) is 0 Å². The Balaban J connectivity index is 0.00000264. The van der Waals surface area contributed by atoms with Crippen LogP contribution in [0, 0.1) is 0 Å². The number of nitrogens with two attached hydrogens (primary N) is 1. The molecule has 2 N–H and O–H groups in total. The van der Waals surface area contributed by atoms with E-state index in [-0.39, 0.29) is 24.3 Å². The Kier molecular flexibility index (Phi) is 9.09. The van der Waals surface area contributed by atoms with Gasteiger partial charge in [0.05, 0.1) is 11.9 Å². The van der Waals surface area contributed by atoms with E-state index in [1.807, 2.05) is 30.3 Å². The Labute approximate surface area is 145 Å². The first-order valence-electron chi connectivity index (χ1n) is 7.95. The van der Waals surface area contributed by atoms with Crippen molar-refractivity contribution in [1.82, 2.24) is 4.31 Å². The Morgan fingerprint density at radius 1 is 1.22 bits per heavy atom. The smallest absolute Gasteiger partial charge is 0.216 e. The van der Waals surface area contributed by atoms with E-state index in [1.54, 1.807) is 4.31 Å². The van der Waals surface area contributed by atoms with Crippen molar-refractivity contribution in [1.29, 1.82) is 0 Å². The highest BCUT2D eigenvalue weighted by atomic mass is 35.5. The molecule has 0 bridgehead atoms. The first-order chi connectivity index (χ1) is 10.6. The molecule has 1 saturated heterocycles. The van der Waals surface area contributed by atoms with Crippen LogP contribution in [0.1, 0.15) is 31.2 Å². The van der Waals surface area contributed by atoms with Crippen LogP contribution in [0.4, 0.5) is 0 Å². The van der Waals surface area contributed by atoms with Gasteiger partial charge in [-0.05, 0) is 37.8 Å². The van der Waals surface area contributed by atoms with E-state index in [9.17, 15) is 8.42 Å². The molecule has 2 rings (SSSR count). The number of hydrogen-bond acceptors (Lipinski definition) is 4. The average Bonchev–Trinajstić information content (AvgIpc) is 2.53. The van der Waals surface area contributed by atoms with Crippen LogP contribution < -0.4 is 5.73 Å². The van der Waals surface area contributed by atoms with Crippen molar-refractivity contribution in [3.8, 4) is 0 Å². The molecular formula is C16H27ClN2O3S. The zero-order chi connectivity index (χ0) is 15.8. The molecule has 0 spiro atoms. The molecule has 0 radical (unpaired) electrons. The zero-order valence-corrected chi connectivity index (χ0v) is 15.0. The number of benzene rings is 1. The number of halogens is 1. The fourth-order valence-corrected chi connectivity index (χ4v) is 4.35. The molecule has 1 aromatic carbocycles. The standard InChI is InChI=1S/C16H26N2O3S.ClH/c17-10-6-11-18(13-15-7-2-1-3-8-15)22(19,20)14-16-9-4-5-12-21-16;/h1-3,7-8,16H,4-6,9-14,17H2;1H. The van der Waals surface area contributed by atoms with Gasteiger partial charge in [0, 0.05) is 19.7 Å². The second-order valence-electron chi connectivity index (χ2n) is 5.73. The quantitative estimate of drug-likeness (QED) is 0.769. The van der Waals surface area contributed by atoms with E-state index < -0.39 is 10.0 Å². The molecule has 0 amide bonds. The van der Waals surface area contributed by atoms with Gasteiger partial charge in [-0.15, -0.1) is 12.4 Å². The molecular weight excluding hydrogens is 336 g/mol. The molecule has 1 atom stereocenters. The first-order valence-corrected chi connectivity index (χ1v) is 9.56. The van der Waals surface area contributed by atoms with Gasteiger partial charge in [-0.2, -0.15) is 4.31 Å². The summed E-state index contributed by atoms with van der Waals surface area (Å²) in [6.07, 6.45) is 3.39. The molecule has 0 aromatic heterocycles. The van der Waals surface area contributed by atoms with E-state index >= 15 is 0 Å². The minimum absolute atomic E-state index is 0. The lowest BCUT2D eigenvalue weighted by molar-refractivity contribution is 0.0298. The normalized spacial score (nSPS) is 18.6. The van der Waals surface area contributed by atoms with Crippen LogP contribution >= 0.6 is 12.4 Å². The molecule has 1 aromatic rings. The minimum Gasteiger partial charge on any atom is -0.377 e. The van der Waals surface area contributed by atoms with Crippen molar-refractivity contribution >= 4 is 22.4 Å². The fourth-order valence-electron chi connectivity index (χ4n) is 2.65. The number of ether oxygens (including phenoxy) is 1. The zero-order valence-electron chi connectivity index (χ0n) is 13.4. The molecule has 23 heavy (non-hydrogen) atoms. The van der Waals surface area contributed by atoms with E-state index in [0.717, 1.165) is 24.8 Å². The van der Waals surface area contributed by atoms with E-state index in [4.69, 9.17) is 10.5 Å². The van der Waals surface area contributed by atoms with Crippen LogP contribution in [0.2, 0.25) is 0 Å². The highest BCUT2D eigenvalue weighted by molar-refractivity contribution is 7.89. The van der Waals surface area contributed by atoms with Crippen molar-refractivity contribution in [3.63, 3.8) is 0 Å². The van der Waals surface area contributed by atoms with Crippen molar-refractivity contribution in [2.24, 2.45) is 5.73 Å². The number of hydrogen-bond donors (Lipinski definition) is 1. The van der Waals surface area contributed by atoms with Gasteiger partial charge in [-0.1, -0.05) is 30.3 Å². The predicted molar refractivity (Wildman–Crippen MR) is 95.1 cm³/mol. The monoisotopic (exact) mass is 362 g/mol. The third-order valence-corrected chi connectivity index (χ3v) is 5.77. The maximum atomic E-state index is 12.7. The lowest BCUT2D eigenvalue weighted by atomic mass is 10.1. The molecule has 1 heterocycles. The van der Waals surface area contributed by atoms with Crippen molar-refractivity contribution in [2.75, 3.05) is 25.4 Å². The van der Waals surface area contributed by atoms with Gasteiger partial charge in [-0.3, -0.25) is 0 Å². The lowest BCUT2D eigenvalue weighted by Crippen LogP contribution is -2.39. The topological polar surface area (TPSA) is 72.6 Å². The van der Waals surface area contributed by atoms with Gasteiger partial charge in [0.2, 0.25) is 10.0 Å². The molecule has 7 heteroatoms. The Morgan fingerprint density at radius 3 is 2.57 bits per heavy atom. The van der Waals surface area contributed by atoms with Crippen molar-refractivity contribution < 1.29 is 13.2 Å². The van der Waals surface area contributed by atoms with Crippen LogP contribution in [0.5, 0.6) is 0 Å². The van der Waals surface area contributed by atoms with Gasteiger partial charge in [0.25, 0.3) is 0 Å². The summed E-state index contributed by atoms with van der Waals surface area (Å²) >= 11 is 0. The summed E-state index contributed by atoms with van der Waals surface area (Å²) in [6.45, 7) is 2.01. The van der Waals surface area contributed by atoms with Crippen LogP contribution in [-0.2, 0) is 21.3 Å². The summed E-state index contributed by atoms with van der Waals surface area (Å²) in [5, 5.41) is 0. The summed E-state index contributed by atoms with van der Waals surface area (Å²) in [5.41, 5.74) is 6.54. The summed E-state index contributed by atoms with van der Waals surface area (Å²) in [6, 6.07) is 9.67. The predicted octanol–water partition coefficient (Wildman–Crippen LogP) is 2.16. The molecule has 1 aliphatic rings. The van der Waals surface area contributed by atoms with Crippen molar-refractivity contribution in [2.45, 2.75) is 38.3 Å². The molecule has 1 aliphatic heterocycles. The molecule has 1 unspecified atom stereocenters. The Morgan fingerprint density at radius 2 is 1.96 bits per heavy atom. The summed E-state index contributed by atoms with van der Waals surface area (Å²) < 4.78 is 32.6. The summed E-state index contributed by atoms with van der Waals surface area (Å²) in [7, 11) is -3.34. The Hall–Kier alpha value is -0.660. The number of nitrogens with zero attached hydrogens (tertiary/aromatic N) is 1. The van der Waals surface area contributed by atoms with Crippen LogP contribution in [0.15, 0.2) is 30.3 Å². The maximum absolute atomic E-state index is 12.7. The third kappa shape index (κ3) is 6.77. The lowest BCUT2D eigenvalue weighted by Gasteiger charge is -2.27. The highest BCUT2D eigenvalue weighted by Gasteiger charge is 2.27. The van der Waals surface area contributed by atoms with Crippen LogP contribution in [0.3, 0.4) is 0 Å². The Bertz CT molecular complexity index is 534. The average molecular weight is 363 g/mol. The van der Waals surface area contributed by atoms with Gasteiger partial charge in [0.15, 0.2) is 0 Å². The van der Waals surface area contributed by atoms with Crippen LogP contribution in [-0.4, -0.2) is 44.3 Å². The molecule has 0 aliphatic carbocycles. The van der Waals surface area contributed by atoms with Gasteiger partial charge in [-0.25, -0.2) is 8.42 Å². The molecule has 0 saturated carbocycles. The maximum Gasteiger partial charge on any atom is 0.216 e. The van der Waals surface area contributed by atoms with Gasteiger partial charge in [0.1, 0.15) is 0 Å². The number of sulfonamides is 1. The minimum atomic E-state index is -3.34. The second-order valence-corrected chi connectivity index (χ2v) is 7.74. The molecule has 5 nitrogen and oxygen atoms in total.